The van der Waals surface area contributed by atoms with E-state index in [1.54, 1.807) is 6.07 Å². The number of amides is 1. The Morgan fingerprint density at radius 3 is 2.50 bits per heavy atom. The quantitative estimate of drug-likeness (QED) is 0.729. The molecule has 18 heavy (non-hydrogen) atoms. The number of anilines is 1. The lowest BCUT2D eigenvalue weighted by Gasteiger charge is -2.21. The normalized spacial score (nSPS) is 12.3. The van der Waals surface area contributed by atoms with Crippen molar-refractivity contribution >= 4 is 24.5 Å². The van der Waals surface area contributed by atoms with Gasteiger partial charge in [-0.2, -0.15) is 0 Å². The zero-order valence-corrected chi connectivity index (χ0v) is 11.6. The van der Waals surface area contributed by atoms with Crippen LogP contribution in [0.1, 0.15) is 27.2 Å². The summed E-state index contributed by atoms with van der Waals surface area (Å²) in [7, 11) is -4.29. The minimum Gasteiger partial charge on any atom is -0.326 e. The van der Waals surface area contributed by atoms with Gasteiger partial charge in [-0.05, 0) is 24.6 Å². The molecule has 6 heteroatoms. The van der Waals surface area contributed by atoms with Crippen LogP contribution in [0.25, 0.3) is 0 Å². The number of carbonyl (C=O) groups is 1. The van der Waals surface area contributed by atoms with Crippen LogP contribution in [0.2, 0.25) is 0 Å². The van der Waals surface area contributed by atoms with Crippen molar-refractivity contribution in [2.24, 2.45) is 5.41 Å². The predicted octanol–water partition coefficient (Wildman–Crippen LogP) is 1.86. The number of hydrogen-bond acceptors (Lipinski definition) is 2. The predicted molar refractivity (Wildman–Crippen MR) is 70.8 cm³/mol. The van der Waals surface area contributed by atoms with E-state index in [0.29, 0.717) is 12.1 Å². The summed E-state index contributed by atoms with van der Waals surface area (Å²) >= 11 is 0. The molecule has 0 saturated carbocycles. The molecule has 1 aromatic carbocycles. The Hall–Kier alpha value is -1.16. The summed E-state index contributed by atoms with van der Waals surface area (Å²) in [6.07, 6.45) is 0.678. The van der Waals surface area contributed by atoms with Crippen LogP contribution in [-0.4, -0.2) is 15.7 Å². The first-order valence-corrected chi connectivity index (χ1v) is 7.25. The molecule has 0 aromatic heterocycles. The summed E-state index contributed by atoms with van der Waals surface area (Å²) in [6.45, 7) is 5.54. The molecule has 0 radical (unpaired) electrons. The van der Waals surface area contributed by atoms with Crippen molar-refractivity contribution in [3.63, 3.8) is 0 Å². The second kappa shape index (κ2) is 5.22. The first-order chi connectivity index (χ1) is 8.16. The highest BCUT2D eigenvalue weighted by Crippen LogP contribution is 2.34. The standard InChI is InChI=1S/C12H18NO4P/c1-4-12(2,3)11(14)13-9-6-5-7-10(8-9)18(15,16)17/h5-8H,4H2,1-3H3,(H,13,14)(H2,15,16,17). The third-order valence-electron chi connectivity index (χ3n) is 2.94. The third-order valence-corrected chi connectivity index (χ3v) is 3.89. The molecule has 3 N–H and O–H groups in total. The molecule has 0 fully saturated rings. The first kappa shape index (κ1) is 14.9. The molecule has 5 nitrogen and oxygen atoms in total. The van der Waals surface area contributed by atoms with Crippen molar-refractivity contribution < 1.29 is 19.1 Å². The average molecular weight is 271 g/mol. The lowest BCUT2D eigenvalue weighted by molar-refractivity contribution is -0.124. The van der Waals surface area contributed by atoms with E-state index in [2.05, 4.69) is 5.32 Å². The van der Waals surface area contributed by atoms with E-state index in [-0.39, 0.29) is 11.2 Å². The number of rotatable bonds is 4. The molecule has 1 amide bonds. The molecule has 0 unspecified atom stereocenters. The van der Waals surface area contributed by atoms with Gasteiger partial charge < -0.3 is 15.1 Å². The van der Waals surface area contributed by atoms with Gasteiger partial charge in [-0.15, -0.1) is 0 Å². The molecule has 0 bridgehead atoms. The lowest BCUT2D eigenvalue weighted by atomic mass is 9.89. The van der Waals surface area contributed by atoms with Gasteiger partial charge in [-0.1, -0.05) is 26.8 Å². The molecule has 0 spiro atoms. The van der Waals surface area contributed by atoms with Gasteiger partial charge in [0.05, 0.1) is 5.30 Å². The Morgan fingerprint density at radius 2 is 2.00 bits per heavy atom. The number of carbonyl (C=O) groups excluding carboxylic acids is 1. The molecular formula is C12H18NO4P. The molecule has 0 aliphatic carbocycles. The van der Waals surface area contributed by atoms with Crippen LogP contribution in [-0.2, 0) is 9.36 Å². The van der Waals surface area contributed by atoms with Crippen molar-refractivity contribution in [2.75, 3.05) is 5.32 Å². The van der Waals surface area contributed by atoms with Gasteiger partial charge in [-0.25, -0.2) is 0 Å². The fourth-order valence-electron chi connectivity index (χ4n) is 1.23. The van der Waals surface area contributed by atoms with Gasteiger partial charge >= 0.3 is 7.60 Å². The summed E-state index contributed by atoms with van der Waals surface area (Å²) in [5, 5.41) is 2.56. The van der Waals surface area contributed by atoms with Crippen LogP contribution in [0.15, 0.2) is 24.3 Å². The maximum atomic E-state index is 11.9. The van der Waals surface area contributed by atoms with Gasteiger partial charge in [0, 0.05) is 11.1 Å². The Kier molecular flexibility index (Phi) is 4.32. The second-order valence-corrected chi connectivity index (χ2v) is 6.39. The smallest absolute Gasteiger partial charge is 0.326 e. The van der Waals surface area contributed by atoms with Crippen LogP contribution in [0.4, 0.5) is 5.69 Å². The van der Waals surface area contributed by atoms with Gasteiger partial charge in [-0.3, -0.25) is 9.36 Å². The fourth-order valence-corrected chi connectivity index (χ4v) is 1.81. The van der Waals surface area contributed by atoms with Gasteiger partial charge in [0.25, 0.3) is 0 Å². The zero-order valence-electron chi connectivity index (χ0n) is 10.7. The van der Waals surface area contributed by atoms with Gasteiger partial charge in [0.2, 0.25) is 5.91 Å². The molecular weight excluding hydrogens is 253 g/mol. The summed E-state index contributed by atoms with van der Waals surface area (Å²) in [5.74, 6) is -0.173. The van der Waals surface area contributed by atoms with Gasteiger partial charge in [0.1, 0.15) is 0 Å². The molecule has 100 valence electrons. The maximum absolute atomic E-state index is 11.9. The lowest BCUT2D eigenvalue weighted by Crippen LogP contribution is -2.30. The van der Waals surface area contributed by atoms with Gasteiger partial charge in [0.15, 0.2) is 0 Å². The first-order valence-electron chi connectivity index (χ1n) is 5.64. The Bertz CT molecular complexity index is 493. The number of benzene rings is 1. The van der Waals surface area contributed by atoms with Crippen LogP contribution < -0.4 is 10.6 Å². The highest BCUT2D eigenvalue weighted by atomic mass is 31.2. The molecule has 1 rings (SSSR count). The molecule has 1 aromatic rings. The SMILES string of the molecule is CCC(C)(C)C(=O)Nc1cccc(P(=O)(O)O)c1. The average Bonchev–Trinajstić information content (AvgIpc) is 2.28. The van der Waals surface area contributed by atoms with Crippen LogP contribution in [0, 0.1) is 5.41 Å². The van der Waals surface area contributed by atoms with Crippen molar-refractivity contribution in [2.45, 2.75) is 27.2 Å². The van der Waals surface area contributed by atoms with E-state index in [0.717, 1.165) is 0 Å². The van der Waals surface area contributed by atoms with E-state index in [1.165, 1.54) is 18.2 Å². The minimum absolute atomic E-state index is 0.102. The van der Waals surface area contributed by atoms with E-state index >= 15 is 0 Å². The van der Waals surface area contributed by atoms with E-state index in [9.17, 15) is 9.36 Å². The van der Waals surface area contributed by atoms with Crippen molar-refractivity contribution in [1.29, 1.82) is 0 Å². The van der Waals surface area contributed by atoms with Crippen LogP contribution in [0.3, 0.4) is 0 Å². The Balaban J connectivity index is 2.94. The van der Waals surface area contributed by atoms with E-state index in [1.807, 2.05) is 20.8 Å². The highest BCUT2D eigenvalue weighted by Gasteiger charge is 2.25. The topological polar surface area (TPSA) is 86.6 Å². The molecule has 0 atom stereocenters. The van der Waals surface area contributed by atoms with Crippen molar-refractivity contribution in [3.8, 4) is 0 Å². The van der Waals surface area contributed by atoms with Crippen molar-refractivity contribution in [1.82, 2.24) is 0 Å². The number of hydrogen-bond donors (Lipinski definition) is 3. The summed E-state index contributed by atoms with van der Waals surface area (Å²) in [6, 6.07) is 5.73. The van der Waals surface area contributed by atoms with E-state index < -0.39 is 13.0 Å². The Labute approximate surface area is 106 Å². The maximum Gasteiger partial charge on any atom is 0.356 e. The van der Waals surface area contributed by atoms with E-state index in [4.69, 9.17) is 9.79 Å². The molecule has 0 aliphatic heterocycles. The molecule has 0 aliphatic rings. The third kappa shape index (κ3) is 3.67. The molecule has 0 saturated heterocycles. The monoisotopic (exact) mass is 271 g/mol. The summed E-state index contributed by atoms with van der Waals surface area (Å²) < 4.78 is 11.1. The summed E-state index contributed by atoms with van der Waals surface area (Å²) in [5.41, 5.74) is -0.125. The van der Waals surface area contributed by atoms with Crippen LogP contribution >= 0.6 is 7.60 Å². The second-order valence-electron chi connectivity index (χ2n) is 4.79. The molecule has 0 heterocycles. The fraction of sp³-hybridized carbons (Fsp3) is 0.417. The number of nitrogens with one attached hydrogen (secondary N) is 1. The minimum atomic E-state index is -4.29. The highest BCUT2D eigenvalue weighted by molar-refractivity contribution is 7.60. The van der Waals surface area contributed by atoms with Crippen molar-refractivity contribution in [3.05, 3.63) is 24.3 Å². The Morgan fingerprint density at radius 1 is 1.39 bits per heavy atom. The van der Waals surface area contributed by atoms with Crippen LogP contribution in [0.5, 0.6) is 0 Å². The summed E-state index contributed by atoms with van der Waals surface area (Å²) in [4.78, 5) is 30.0. The largest absolute Gasteiger partial charge is 0.356 e. The zero-order chi connectivity index (χ0) is 14.0.